The Morgan fingerprint density at radius 3 is 2.81 bits per heavy atom. The Balaban J connectivity index is 2.95. The number of rotatable bonds is 4. The van der Waals surface area contributed by atoms with E-state index in [1.807, 2.05) is 6.08 Å². The minimum atomic E-state index is 0.106. The van der Waals surface area contributed by atoms with E-state index in [1.165, 1.54) is 5.57 Å². The van der Waals surface area contributed by atoms with Gasteiger partial charge in [-0.25, -0.2) is 0 Å². The van der Waals surface area contributed by atoms with E-state index < -0.39 is 0 Å². The third-order valence-electron chi connectivity index (χ3n) is 3.94. The number of hydrogen-bond donors (Lipinski definition) is 0. The maximum Gasteiger partial charge on any atom is 0.163 e. The van der Waals surface area contributed by atoms with Gasteiger partial charge in [-0.3, -0.25) is 4.79 Å². The lowest BCUT2D eigenvalue weighted by Crippen LogP contribution is -2.35. The van der Waals surface area contributed by atoms with Gasteiger partial charge in [0.15, 0.2) is 5.78 Å². The number of carbonyl (C=O) groups is 1. The largest absolute Gasteiger partial charge is 0.294 e. The Morgan fingerprint density at radius 2 is 2.25 bits per heavy atom. The fourth-order valence-electron chi connectivity index (χ4n) is 2.72. The van der Waals surface area contributed by atoms with Gasteiger partial charge in [0.05, 0.1) is 0 Å². The number of allylic oxidation sites excluding steroid dienone is 4. The molecule has 0 heterocycles. The summed E-state index contributed by atoms with van der Waals surface area (Å²) in [5, 5.41) is 0. The molecule has 0 amide bonds. The minimum Gasteiger partial charge on any atom is -0.294 e. The molecule has 1 aliphatic carbocycles. The molecule has 0 bridgehead atoms. The first-order valence-corrected chi connectivity index (χ1v) is 6.42. The van der Waals surface area contributed by atoms with Crippen LogP contribution in [0, 0.1) is 11.3 Å². The van der Waals surface area contributed by atoms with Gasteiger partial charge in [0.25, 0.3) is 0 Å². The van der Waals surface area contributed by atoms with Gasteiger partial charge >= 0.3 is 0 Å². The van der Waals surface area contributed by atoms with Crippen molar-refractivity contribution in [1.82, 2.24) is 0 Å². The van der Waals surface area contributed by atoms with Gasteiger partial charge in [0.1, 0.15) is 0 Å². The number of hydrogen-bond acceptors (Lipinski definition) is 1. The van der Waals surface area contributed by atoms with Crippen LogP contribution in [0.3, 0.4) is 0 Å². The molecule has 0 unspecified atom stereocenters. The van der Waals surface area contributed by atoms with Gasteiger partial charge in [-0.05, 0) is 44.1 Å². The molecular weight excluding hydrogens is 196 g/mol. The van der Waals surface area contributed by atoms with E-state index in [-0.39, 0.29) is 11.3 Å². The van der Waals surface area contributed by atoms with E-state index in [0.717, 1.165) is 25.7 Å². The van der Waals surface area contributed by atoms with Crippen molar-refractivity contribution >= 4 is 5.78 Å². The molecule has 0 aromatic heterocycles. The number of carbonyl (C=O) groups excluding carboxylic acids is 1. The van der Waals surface area contributed by atoms with Crippen molar-refractivity contribution in [3.8, 4) is 0 Å². The Morgan fingerprint density at radius 1 is 1.56 bits per heavy atom. The van der Waals surface area contributed by atoms with Gasteiger partial charge < -0.3 is 0 Å². The summed E-state index contributed by atoms with van der Waals surface area (Å²) < 4.78 is 0. The molecule has 90 valence electrons. The second-order valence-electron chi connectivity index (χ2n) is 5.14. The van der Waals surface area contributed by atoms with Gasteiger partial charge in [-0.1, -0.05) is 38.5 Å². The van der Waals surface area contributed by atoms with E-state index in [1.54, 1.807) is 6.08 Å². The zero-order valence-corrected chi connectivity index (χ0v) is 11.0. The highest BCUT2D eigenvalue weighted by molar-refractivity contribution is 5.94. The lowest BCUT2D eigenvalue weighted by molar-refractivity contribution is -0.121. The molecule has 0 aromatic carbocycles. The molecule has 1 rings (SSSR count). The molecule has 2 atom stereocenters. The van der Waals surface area contributed by atoms with E-state index in [0.29, 0.717) is 5.78 Å². The monoisotopic (exact) mass is 220 g/mol. The van der Waals surface area contributed by atoms with Crippen LogP contribution >= 0.6 is 0 Å². The van der Waals surface area contributed by atoms with E-state index in [2.05, 4.69) is 33.8 Å². The molecule has 0 fully saturated rings. The van der Waals surface area contributed by atoms with Crippen LogP contribution in [0.25, 0.3) is 0 Å². The molecular formula is C15H24O. The summed E-state index contributed by atoms with van der Waals surface area (Å²) in [6, 6.07) is 0. The van der Waals surface area contributed by atoms with Gasteiger partial charge in [-0.15, -0.1) is 0 Å². The molecule has 0 spiro atoms. The average Bonchev–Trinajstić information content (AvgIpc) is 2.26. The summed E-state index contributed by atoms with van der Waals surface area (Å²) >= 11 is 0. The molecule has 1 heteroatoms. The molecule has 0 aromatic rings. The fourth-order valence-corrected chi connectivity index (χ4v) is 2.72. The van der Waals surface area contributed by atoms with E-state index >= 15 is 0 Å². The van der Waals surface area contributed by atoms with Gasteiger partial charge in [-0.2, -0.15) is 0 Å². The van der Waals surface area contributed by atoms with Crippen molar-refractivity contribution in [3.63, 3.8) is 0 Å². The second kappa shape index (κ2) is 5.47. The maximum absolute atomic E-state index is 12.2. The zero-order chi connectivity index (χ0) is 12.2. The topological polar surface area (TPSA) is 17.1 Å². The molecule has 0 N–H and O–H groups in total. The maximum atomic E-state index is 12.2. The molecule has 0 radical (unpaired) electrons. The SMILES string of the molecule is CC/C=C/C(=O)[C@@H]1C(C)=CCC[C@@]1(C)CC. The molecule has 16 heavy (non-hydrogen) atoms. The minimum absolute atomic E-state index is 0.106. The summed E-state index contributed by atoms with van der Waals surface area (Å²) in [6.07, 6.45) is 10.3. The molecule has 1 aliphatic rings. The predicted octanol–water partition coefficient (Wildman–Crippen LogP) is 4.29. The van der Waals surface area contributed by atoms with Crippen LogP contribution in [0.1, 0.15) is 53.4 Å². The van der Waals surface area contributed by atoms with Crippen LogP contribution in [0.15, 0.2) is 23.8 Å². The van der Waals surface area contributed by atoms with Crippen LogP contribution in [0.4, 0.5) is 0 Å². The fraction of sp³-hybridized carbons (Fsp3) is 0.667. The summed E-state index contributed by atoms with van der Waals surface area (Å²) in [6.45, 7) is 8.62. The lowest BCUT2D eigenvalue weighted by Gasteiger charge is -2.39. The van der Waals surface area contributed by atoms with E-state index in [4.69, 9.17) is 0 Å². The van der Waals surface area contributed by atoms with Crippen molar-refractivity contribution < 1.29 is 4.79 Å². The van der Waals surface area contributed by atoms with Crippen molar-refractivity contribution in [2.45, 2.75) is 53.4 Å². The third-order valence-corrected chi connectivity index (χ3v) is 3.94. The highest BCUT2D eigenvalue weighted by atomic mass is 16.1. The summed E-state index contributed by atoms with van der Waals surface area (Å²) in [7, 11) is 0. The first-order valence-electron chi connectivity index (χ1n) is 6.42. The Labute approximate surface area is 99.6 Å². The first kappa shape index (κ1) is 13.2. The van der Waals surface area contributed by atoms with Crippen LogP contribution < -0.4 is 0 Å². The van der Waals surface area contributed by atoms with Crippen LogP contribution in [-0.2, 0) is 4.79 Å². The Hall–Kier alpha value is -0.850. The summed E-state index contributed by atoms with van der Waals surface area (Å²) in [4.78, 5) is 12.2. The van der Waals surface area contributed by atoms with Crippen LogP contribution in [0.5, 0.6) is 0 Å². The van der Waals surface area contributed by atoms with E-state index in [9.17, 15) is 4.79 Å². The highest BCUT2D eigenvalue weighted by Gasteiger charge is 2.38. The summed E-state index contributed by atoms with van der Waals surface area (Å²) in [5.41, 5.74) is 1.43. The van der Waals surface area contributed by atoms with Crippen molar-refractivity contribution in [2.24, 2.45) is 11.3 Å². The predicted molar refractivity (Wildman–Crippen MR) is 69.3 cm³/mol. The second-order valence-corrected chi connectivity index (χ2v) is 5.14. The average molecular weight is 220 g/mol. The quantitative estimate of drug-likeness (QED) is 0.510. The molecule has 0 saturated carbocycles. The molecule has 0 aliphatic heterocycles. The zero-order valence-electron chi connectivity index (χ0n) is 11.0. The molecule has 1 nitrogen and oxygen atoms in total. The first-order chi connectivity index (χ1) is 7.55. The molecule has 0 saturated heterocycles. The smallest absolute Gasteiger partial charge is 0.163 e. The normalized spacial score (nSPS) is 30.5. The van der Waals surface area contributed by atoms with Crippen molar-refractivity contribution in [1.29, 1.82) is 0 Å². The number of ketones is 1. The highest BCUT2D eigenvalue weighted by Crippen LogP contribution is 2.44. The third kappa shape index (κ3) is 2.63. The van der Waals surface area contributed by atoms with Crippen molar-refractivity contribution in [3.05, 3.63) is 23.8 Å². The summed E-state index contributed by atoms with van der Waals surface area (Å²) in [5.74, 6) is 0.397. The van der Waals surface area contributed by atoms with Crippen LogP contribution in [-0.4, -0.2) is 5.78 Å². The Kier molecular flexibility index (Phi) is 4.52. The standard InChI is InChI=1S/C15H24O/c1-5-7-10-13(16)14-12(3)9-8-11-15(14,4)6-2/h7,9-10,14H,5-6,8,11H2,1-4H3/b10-7+/t14-,15+/m0/s1. The van der Waals surface area contributed by atoms with Crippen molar-refractivity contribution in [2.75, 3.05) is 0 Å². The van der Waals surface area contributed by atoms with Gasteiger partial charge in [0.2, 0.25) is 0 Å². The van der Waals surface area contributed by atoms with Gasteiger partial charge in [0, 0.05) is 5.92 Å². The van der Waals surface area contributed by atoms with Crippen LogP contribution in [0.2, 0.25) is 0 Å². The lowest BCUT2D eigenvalue weighted by atomic mass is 9.64. The Bertz CT molecular complexity index is 311.